The first kappa shape index (κ1) is 11.6. The fourth-order valence-electron chi connectivity index (χ4n) is 1.19. The Balaban J connectivity index is 2.87. The summed E-state index contributed by atoms with van der Waals surface area (Å²) in [4.78, 5) is 10.3. The van der Waals surface area contributed by atoms with Gasteiger partial charge in [0.15, 0.2) is 0 Å². The third kappa shape index (κ3) is 2.73. The van der Waals surface area contributed by atoms with Crippen molar-refractivity contribution in [1.82, 2.24) is 0 Å². The van der Waals surface area contributed by atoms with Gasteiger partial charge in [0, 0.05) is 5.56 Å². The van der Waals surface area contributed by atoms with Crippen molar-refractivity contribution in [3.05, 3.63) is 35.9 Å². The minimum absolute atomic E-state index is 0.265. The smallest absolute Gasteiger partial charge is 0.305 e. The summed E-state index contributed by atoms with van der Waals surface area (Å²) < 4.78 is 27.0. The SMILES string of the molecule is NC(CC(=O)O)C(F)(F)c1ccccc1. The van der Waals surface area contributed by atoms with E-state index in [1.807, 2.05) is 0 Å². The summed E-state index contributed by atoms with van der Waals surface area (Å²) in [6, 6.07) is 5.25. The van der Waals surface area contributed by atoms with Crippen LogP contribution in [0.2, 0.25) is 0 Å². The first-order valence-electron chi connectivity index (χ1n) is 4.35. The molecule has 1 aromatic rings. The number of nitrogens with two attached hydrogens (primary N) is 1. The van der Waals surface area contributed by atoms with Gasteiger partial charge in [-0.2, -0.15) is 8.78 Å². The molecule has 0 aliphatic heterocycles. The predicted molar refractivity (Wildman–Crippen MR) is 50.6 cm³/mol. The van der Waals surface area contributed by atoms with E-state index in [2.05, 4.69) is 0 Å². The van der Waals surface area contributed by atoms with Crippen LogP contribution in [-0.4, -0.2) is 17.1 Å². The summed E-state index contributed by atoms with van der Waals surface area (Å²) in [6.07, 6.45) is -0.762. The predicted octanol–water partition coefficient (Wildman–Crippen LogP) is 1.58. The van der Waals surface area contributed by atoms with Gasteiger partial charge in [0.2, 0.25) is 0 Å². The van der Waals surface area contributed by atoms with E-state index in [0.29, 0.717) is 0 Å². The van der Waals surface area contributed by atoms with Gasteiger partial charge >= 0.3 is 5.97 Å². The summed E-state index contributed by atoms with van der Waals surface area (Å²) in [5.74, 6) is -4.65. The molecular weight excluding hydrogens is 204 g/mol. The number of hydrogen-bond acceptors (Lipinski definition) is 2. The van der Waals surface area contributed by atoms with E-state index in [0.717, 1.165) is 0 Å². The molecule has 0 bridgehead atoms. The van der Waals surface area contributed by atoms with Gasteiger partial charge in [-0.1, -0.05) is 30.3 Å². The van der Waals surface area contributed by atoms with Crippen LogP contribution in [0, 0.1) is 0 Å². The minimum Gasteiger partial charge on any atom is -0.481 e. The molecule has 0 aliphatic carbocycles. The van der Waals surface area contributed by atoms with Gasteiger partial charge in [-0.15, -0.1) is 0 Å². The quantitative estimate of drug-likeness (QED) is 0.801. The molecule has 0 saturated heterocycles. The molecule has 5 heteroatoms. The number of hydrogen-bond donors (Lipinski definition) is 2. The highest BCUT2D eigenvalue weighted by Crippen LogP contribution is 2.31. The van der Waals surface area contributed by atoms with Gasteiger partial charge in [-0.25, -0.2) is 0 Å². The van der Waals surface area contributed by atoms with Crippen LogP contribution >= 0.6 is 0 Å². The largest absolute Gasteiger partial charge is 0.481 e. The van der Waals surface area contributed by atoms with E-state index in [-0.39, 0.29) is 5.56 Å². The van der Waals surface area contributed by atoms with Crippen LogP contribution in [0.4, 0.5) is 8.78 Å². The molecule has 3 N–H and O–H groups in total. The van der Waals surface area contributed by atoms with Crippen molar-refractivity contribution in [2.75, 3.05) is 0 Å². The molecule has 0 saturated carbocycles. The molecule has 0 fully saturated rings. The molecule has 0 aliphatic rings. The van der Waals surface area contributed by atoms with Crippen molar-refractivity contribution in [2.24, 2.45) is 5.73 Å². The number of benzene rings is 1. The zero-order valence-electron chi connectivity index (χ0n) is 7.86. The fourth-order valence-corrected chi connectivity index (χ4v) is 1.19. The molecule has 1 rings (SSSR count). The second-order valence-electron chi connectivity index (χ2n) is 3.19. The Bertz CT molecular complexity index is 341. The van der Waals surface area contributed by atoms with Crippen LogP contribution in [0.15, 0.2) is 30.3 Å². The average molecular weight is 215 g/mol. The molecule has 1 atom stereocenters. The zero-order chi connectivity index (χ0) is 11.5. The molecular formula is C10H11F2NO2. The third-order valence-corrected chi connectivity index (χ3v) is 2.02. The maximum absolute atomic E-state index is 13.5. The summed E-state index contributed by atoms with van der Waals surface area (Å²) >= 11 is 0. The molecule has 0 spiro atoms. The van der Waals surface area contributed by atoms with E-state index >= 15 is 0 Å². The molecule has 82 valence electrons. The Labute approximate surface area is 85.5 Å². The Morgan fingerprint density at radius 3 is 2.40 bits per heavy atom. The number of carboxylic acids is 1. The van der Waals surface area contributed by atoms with Gasteiger partial charge in [0.05, 0.1) is 12.5 Å². The monoisotopic (exact) mass is 215 g/mol. The number of halogens is 2. The molecule has 1 aromatic carbocycles. The Kier molecular flexibility index (Phi) is 3.36. The van der Waals surface area contributed by atoms with Gasteiger partial charge in [0.25, 0.3) is 5.92 Å². The van der Waals surface area contributed by atoms with Gasteiger partial charge < -0.3 is 10.8 Å². The van der Waals surface area contributed by atoms with Crippen molar-refractivity contribution < 1.29 is 18.7 Å². The molecule has 0 radical (unpaired) electrons. The molecule has 0 heterocycles. The number of rotatable bonds is 4. The second kappa shape index (κ2) is 4.35. The topological polar surface area (TPSA) is 63.3 Å². The third-order valence-electron chi connectivity index (χ3n) is 2.02. The van der Waals surface area contributed by atoms with E-state index in [4.69, 9.17) is 10.8 Å². The number of carbonyl (C=O) groups is 1. The van der Waals surface area contributed by atoms with Crippen LogP contribution in [-0.2, 0) is 10.7 Å². The van der Waals surface area contributed by atoms with Crippen molar-refractivity contribution in [3.8, 4) is 0 Å². The number of aliphatic carboxylic acids is 1. The Morgan fingerprint density at radius 1 is 1.40 bits per heavy atom. The maximum atomic E-state index is 13.5. The molecule has 3 nitrogen and oxygen atoms in total. The summed E-state index contributed by atoms with van der Waals surface area (Å²) in [6.45, 7) is 0. The fraction of sp³-hybridized carbons (Fsp3) is 0.300. The Hall–Kier alpha value is -1.49. The van der Waals surface area contributed by atoms with Crippen LogP contribution in [0.5, 0.6) is 0 Å². The summed E-state index contributed by atoms with van der Waals surface area (Å²) in [5, 5.41) is 8.38. The van der Waals surface area contributed by atoms with Crippen LogP contribution in [0.25, 0.3) is 0 Å². The average Bonchev–Trinajstić information content (AvgIpc) is 2.18. The second-order valence-corrected chi connectivity index (χ2v) is 3.19. The van der Waals surface area contributed by atoms with E-state index in [1.165, 1.54) is 24.3 Å². The first-order valence-corrected chi connectivity index (χ1v) is 4.35. The zero-order valence-corrected chi connectivity index (χ0v) is 7.86. The van der Waals surface area contributed by atoms with Gasteiger partial charge in [-0.3, -0.25) is 4.79 Å². The van der Waals surface area contributed by atoms with Crippen molar-refractivity contribution >= 4 is 5.97 Å². The maximum Gasteiger partial charge on any atom is 0.305 e. The van der Waals surface area contributed by atoms with Crippen LogP contribution in [0.1, 0.15) is 12.0 Å². The highest BCUT2D eigenvalue weighted by molar-refractivity contribution is 5.67. The minimum atomic E-state index is -3.32. The van der Waals surface area contributed by atoms with E-state index in [9.17, 15) is 13.6 Å². The lowest BCUT2D eigenvalue weighted by molar-refractivity contribution is -0.140. The lowest BCUT2D eigenvalue weighted by Crippen LogP contribution is -2.40. The van der Waals surface area contributed by atoms with Crippen LogP contribution in [0.3, 0.4) is 0 Å². The lowest BCUT2D eigenvalue weighted by Gasteiger charge is -2.22. The Morgan fingerprint density at radius 2 is 1.93 bits per heavy atom. The van der Waals surface area contributed by atoms with E-state index in [1.54, 1.807) is 6.07 Å². The first-order chi connectivity index (χ1) is 6.94. The van der Waals surface area contributed by atoms with Gasteiger partial charge in [0.1, 0.15) is 0 Å². The molecule has 0 amide bonds. The highest BCUT2D eigenvalue weighted by atomic mass is 19.3. The lowest BCUT2D eigenvalue weighted by atomic mass is 9.99. The van der Waals surface area contributed by atoms with Crippen LogP contribution < -0.4 is 5.73 Å². The highest BCUT2D eigenvalue weighted by Gasteiger charge is 2.39. The molecule has 1 unspecified atom stereocenters. The molecule has 0 aromatic heterocycles. The van der Waals surface area contributed by atoms with Crippen molar-refractivity contribution in [2.45, 2.75) is 18.4 Å². The number of alkyl halides is 2. The standard InChI is InChI=1S/C10H11F2NO2/c11-10(12,8(13)6-9(14)15)7-4-2-1-3-5-7/h1-5,8H,6,13H2,(H,14,15). The van der Waals surface area contributed by atoms with Crippen molar-refractivity contribution in [1.29, 1.82) is 0 Å². The normalized spacial score (nSPS) is 13.5. The summed E-state index contributed by atoms with van der Waals surface area (Å²) in [7, 11) is 0. The van der Waals surface area contributed by atoms with Gasteiger partial charge in [-0.05, 0) is 0 Å². The number of carboxylic acid groups (broad SMARTS) is 1. The molecule has 15 heavy (non-hydrogen) atoms. The van der Waals surface area contributed by atoms with Crippen molar-refractivity contribution in [3.63, 3.8) is 0 Å². The van der Waals surface area contributed by atoms with E-state index < -0.39 is 24.4 Å². The summed E-state index contributed by atoms with van der Waals surface area (Å²) in [5.41, 5.74) is 4.89.